The molecule has 0 bridgehead atoms. The summed E-state index contributed by atoms with van der Waals surface area (Å²) in [5.41, 5.74) is 1.81. The van der Waals surface area contributed by atoms with Crippen molar-refractivity contribution in [1.82, 2.24) is 24.9 Å². The molecule has 0 unspecified atom stereocenters. The lowest BCUT2D eigenvalue weighted by molar-refractivity contribution is 0.147. The zero-order chi connectivity index (χ0) is 12.5. The minimum atomic E-state index is 0.444. The molecular weight excluding hydrogens is 226 g/mol. The molecule has 96 valence electrons. The molecule has 0 spiro atoms. The van der Waals surface area contributed by atoms with Crippen molar-refractivity contribution in [2.24, 2.45) is 0 Å². The van der Waals surface area contributed by atoms with E-state index in [4.69, 9.17) is 0 Å². The molecule has 0 aromatic carbocycles. The van der Waals surface area contributed by atoms with Crippen LogP contribution in [0.2, 0.25) is 0 Å². The van der Waals surface area contributed by atoms with Gasteiger partial charge in [-0.3, -0.25) is 0 Å². The molecule has 18 heavy (non-hydrogen) atoms. The van der Waals surface area contributed by atoms with Gasteiger partial charge >= 0.3 is 0 Å². The zero-order valence-electron chi connectivity index (χ0n) is 11.0. The van der Waals surface area contributed by atoms with Crippen LogP contribution >= 0.6 is 0 Å². The second kappa shape index (κ2) is 4.65. The van der Waals surface area contributed by atoms with Gasteiger partial charge in [-0.05, 0) is 38.8 Å². The number of rotatable bonds is 2. The minimum absolute atomic E-state index is 0.444. The fourth-order valence-corrected chi connectivity index (χ4v) is 2.67. The molecule has 0 amide bonds. The molecule has 1 aliphatic heterocycles. The van der Waals surface area contributed by atoms with Gasteiger partial charge in [0.05, 0.1) is 6.04 Å². The predicted molar refractivity (Wildman–Crippen MR) is 70.3 cm³/mol. The molecule has 1 fully saturated rings. The average molecular weight is 245 g/mol. The van der Waals surface area contributed by atoms with E-state index >= 15 is 0 Å². The van der Waals surface area contributed by atoms with Crippen molar-refractivity contribution in [2.45, 2.75) is 38.8 Å². The Bertz CT molecular complexity index is 525. The van der Waals surface area contributed by atoms with Gasteiger partial charge in [-0.1, -0.05) is 5.21 Å². The Morgan fingerprint density at radius 2 is 2.06 bits per heavy atom. The third kappa shape index (κ3) is 1.99. The van der Waals surface area contributed by atoms with Crippen LogP contribution in [0.15, 0.2) is 18.3 Å². The first kappa shape index (κ1) is 11.6. The van der Waals surface area contributed by atoms with Crippen LogP contribution < -0.4 is 0 Å². The van der Waals surface area contributed by atoms with Crippen LogP contribution in [0.3, 0.4) is 0 Å². The highest BCUT2D eigenvalue weighted by Crippen LogP contribution is 2.25. The summed E-state index contributed by atoms with van der Waals surface area (Å²) in [6, 6.07) is 4.95. The van der Waals surface area contributed by atoms with Crippen molar-refractivity contribution in [3.63, 3.8) is 0 Å². The topological polar surface area (TPSA) is 46.8 Å². The van der Waals surface area contributed by atoms with Gasteiger partial charge in [-0.15, -0.1) is 5.10 Å². The number of likely N-dealkylation sites (tertiary alicyclic amines) is 1. The number of hydrogen-bond acceptors (Lipinski definition) is 4. The van der Waals surface area contributed by atoms with Gasteiger partial charge in [0.15, 0.2) is 5.65 Å². The van der Waals surface area contributed by atoms with Crippen LogP contribution in [0.25, 0.3) is 11.2 Å². The number of piperidine rings is 1. The van der Waals surface area contributed by atoms with Gasteiger partial charge in [0, 0.05) is 25.3 Å². The first-order chi connectivity index (χ1) is 8.75. The van der Waals surface area contributed by atoms with E-state index in [9.17, 15) is 0 Å². The normalized spacial score (nSPS) is 18.8. The summed E-state index contributed by atoms with van der Waals surface area (Å²) in [5.74, 6) is 0. The lowest BCUT2D eigenvalue weighted by Crippen LogP contribution is -2.39. The third-order valence-corrected chi connectivity index (χ3v) is 3.81. The molecule has 0 radical (unpaired) electrons. The zero-order valence-corrected chi connectivity index (χ0v) is 11.0. The van der Waals surface area contributed by atoms with Gasteiger partial charge in [0.2, 0.25) is 0 Å². The predicted octanol–water partition coefficient (Wildman–Crippen LogP) is 1.87. The number of aromatic nitrogens is 4. The first-order valence-electron chi connectivity index (χ1n) is 6.65. The standard InChI is InChI=1S/C13H19N5/c1-10(2)17-8-5-11(6-9-17)18-13-12(15-16-18)4-3-7-14-13/h3-4,7,10-11H,5-6,8-9H2,1-2H3. The lowest BCUT2D eigenvalue weighted by atomic mass is 10.0. The fraction of sp³-hybridized carbons (Fsp3) is 0.615. The molecule has 1 aliphatic rings. The fourth-order valence-electron chi connectivity index (χ4n) is 2.67. The van der Waals surface area contributed by atoms with Gasteiger partial charge in [-0.25, -0.2) is 9.67 Å². The van der Waals surface area contributed by atoms with E-state index in [0.717, 1.165) is 37.1 Å². The minimum Gasteiger partial charge on any atom is -0.301 e. The maximum absolute atomic E-state index is 4.39. The molecular formula is C13H19N5. The monoisotopic (exact) mass is 245 g/mol. The van der Waals surface area contributed by atoms with Crippen LogP contribution in [0, 0.1) is 0 Å². The summed E-state index contributed by atoms with van der Waals surface area (Å²) >= 11 is 0. The van der Waals surface area contributed by atoms with E-state index in [1.807, 2.05) is 23.0 Å². The Balaban J connectivity index is 1.80. The summed E-state index contributed by atoms with van der Waals surface area (Å²) in [5, 5.41) is 8.46. The smallest absolute Gasteiger partial charge is 0.178 e. The van der Waals surface area contributed by atoms with E-state index in [0.29, 0.717) is 12.1 Å². The molecule has 0 saturated carbocycles. The van der Waals surface area contributed by atoms with Crippen molar-refractivity contribution in [3.05, 3.63) is 18.3 Å². The van der Waals surface area contributed by atoms with E-state index in [-0.39, 0.29) is 0 Å². The molecule has 5 heteroatoms. The van der Waals surface area contributed by atoms with Crippen LogP contribution in [-0.2, 0) is 0 Å². The number of hydrogen-bond donors (Lipinski definition) is 0. The number of pyridine rings is 1. The first-order valence-corrected chi connectivity index (χ1v) is 6.65. The van der Waals surface area contributed by atoms with Crippen LogP contribution in [0.5, 0.6) is 0 Å². The lowest BCUT2D eigenvalue weighted by Gasteiger charge is -2.34. The van der Waals surface area contributed by atoms with Crippen LogP contribution in [0.1, 0.15) is 32.7 Å². The van der Waals surface area contributed by atoms with E-state index < -0.39 is 0 Å². The Morgan fingerprint density at radius 3 is 2.78 bits per heavy atom. The molecule has 1 saturated heterocycles. The second-order valence-electron chi connectivity index (χ2n) is 5.24. The quantitative estimate of drug-likeness (QED) is 0.810. The highest BCUT2D eigenvalue weighted by molar-refractivity contribution is 5.68. The molecule has 0 N–H and O–H groups in total. The Kier molecular flexibility index (Phi) is 2.99. The SMILES string of the molecule is CC(C)N1CCC(n2nnc3cccnc32)CC1. The molecule has 3 heterocycles. The summed E-state index contributed by atoms with van der Waals surface area (Å²) in [7, 11) is 0. The molecule has 2 aromatic rings. The van der Waals surface area contributed by atoms with Crippen molar-refractivity contribution in [1.29, 1.82) is 0 Å². The van der Waals surface area contributed by atoms with Crippen molar-refractivity contribution < 1.29 is 0 Å². The second-order valence-corrected chi connectivity index (χ2v) is 5.24. The highest BCUT2D eigenvalue weighted by Gasteiger charge is 2.24. The van der Waals surface area contributed by atoms with Crippen molar-refractivity contribution in [3.8, 4) is 0 Å². The molecule has 0 atom stereocenters. The average Bonchev–Trinajstić information content (AvgIpc) is 2.82. The molecule has 3 rings (SSSR count). The third-order valence-electron chi connectivity index (χ3n) is 3.81. The van der Waals surface area contributed by atoms with E-state index in [1.165, 1.54) is 0 Å². The van der Waals surface area contributed by atoms with Crippen LogP contribution in [0.4, 0.5) is 0 Å². The summed E-state index contributed by atoms with van der Waals surface area (Å²) < 4.78 is 2.01. The summed E-state index contributed by atoms with van der Waals surface area (Å²) in [6.07, 6.45) is 4.08. The summed E-state index contributed by atoms with van der Waals surface area (Å²) in [4.78, 5) is 6.91. The number of fused-ring (bicyclic) bond motifs is 1. The largest absolute Gasteiger partial charge is 0.301 e. The summed E-state index contributed by atoms with van der Waals surface area (Å²) in [6.45, 7) is 6.78. The Labute approximate surface area is 107 Å². The Hall–Kier alpha value is -1.49. The van der Waals surface area contributed by atoms with Crippen molar-refractivity contribution in [2.75, 3.05) is 13.1 Å². The molecule has 0 aliphatic carbocycles. The Morgan fingerprint density at radius 1 is 1.28 bits per heavy atom. The number of nitrogens with zero attached hydrogens (tertiary/aromatic N) is 5. The van der Waals surface area contributed by atoms with Crippen molar-refractivity contribution >= 4 is 11.2 Å². The van der Waals surface area contributed by atoms with Gasteiger partial charge < -0.3 is 4.90 Å². The van der Waals surface area contributed by atoms with Crippen LogP contribution in [-0.4, -0.2) is 44.0 Å². The maximum atomic E-state index is 4.39. The van der Waals surface area contributed by atoms with E-state index in [1.54, 1.807) is 0 Å². The van der Waals surface area contributed by atoms with Gasteiger partial charge in [0.25, 0.3) is 0 Å². The molecule has 5 nitrogen and oxygen atoms in total. The maximum Gasteiger partial charge on any atom is 0.178 e. The molecule has 2 aromatic heterocycles. The van der Waals surface area contributed by atoms with E-state index in [2.05, 4.69) is 34.0 Å². The highest BCUT2D eigenvalue weighted by atomic mass is 15.5. The van der Waals surface area contributed by atoms with Gasteiger partial charge in [-0.2, -0.15) is 0 Å². The van der Waals surface area contributed by atoms with Gasteiger partial charge in [0.1, 0.15) is 5.52 Å².